The Bertz CT molecular complexity index is 330. The maximum Gasteiger partial charge on any atom is 0.141 e. The molecule has 1 aromatic rings. The van der Waals surface area contributed by atoms with Gasteiger partial charge in [-0.1, -0.05) is 0 Å². The molecule has 4 heteroatoms. The van der Waals surface area contributed by atoms with Crippen molar-refractivity contribution in [3.63, 3.8) is 0 Å². The van der Waals surface area contributed by atoms with Crippen molar-refractivity contribution in [2.24, 2.45) is 0 Å². The fourth-order valence-corrected chi connectivity index (χ4v) is 1.57. The summed E-state index contributed by atoms with van der Waals surface area (Å²) in [5, 5.41) is 12.6. The van der Waals surface area contributed by atoms with Gasteiger partial charge in [0.2, 0.25) is 0 Å². The van der Waals surface area contributed by atoms with Crippen LogP contribution in [0.3, 0.4) is 0 Å². The summed E-state index contributed by atoms with van der Waals surface area (Å²) in [5.74, 6) is -0.391. The molecule has 1 rings (SSSR count). The first kappa shape index (κ1) is 12.1. The van der Waals surface area contributed by atoms with E-state index in [-0.39, 0.29) is 12.6 Å². The molecule has 1 heterocycles. The molecule has 0 aliphatic rings. The minimum absolute atomic E-state index is 0.101. The molecule has 0 amide bonds. The Kier molecular flexibility index (Phi) is 3.77. The number of hydrogen-bond donors (Lipinski definition) is 2. The van der Waals surface area contributed by atoms with E-state index >= 15 is 0 Å². The van der Waals surface area contributed by atoms with Gasteiger partial charge in [-0.3, -0.25) is 4.98 Å². The van der Waals surface area contributed by atoms with Crippen molar-refractivity contribution < 1.29 is 9.50 Å². The van der Waals surface area contributed by atoms with Gasteiger partial charge in [0.1, 0.15) is 5.82 Å². The number of aliphatic hydroxyl groups excluding tert-OH is 1. The molecule has 1 unspecified atom stereocenters. The van der Waals surface area contributed by atoms with E-state index < -0.39 is 11.4 Å². The summed E-state index contributed by atoms with van der Waals surface area (Å²) in [6.07, 6.45) is 2.71. The van der Waals surface area contributed by atoms with Gasteiger partial charge in [-0.2, -0.15) is 0 Å². The molecule has 1 atom stereocenters. The Morgan fingerprint density at radius 1 is 1.53 bits per heavy atom. The molecule has 1 aromatic heterocycles. The summed E-state index contributed by atoms with van der Waals surface area (Å²) in [6.45, 7) is 5.67. The lowest BCUT2D eigenvalue weighted by atomic mass is 9.93. The van der Waals surface area contributed by atoms with Crippen molar-refractivity contribution in [3.05, 3.63) is 29.8 Å². The summed E-state index contributed by atoms with van der Waals surface area (Å²) in [6, 6.07) is 1.59. The second-order valence-electron chi connectivity index (χ2n) is 4.18. The molecule has 0 spiro atoms. The lowest BCUT2D eigenvalue weighted by Crippen LogP contribution is -2.46. The van der Waals surface area contributed by atoms with Gasteiger partial charge < -0.3 is 10.4 Å². The van der Waals surface area contributed by atoms with Gasteiger partial charge in [0.25, 0.3) is 0 Å². The Hall–Kier alpha value is -1.00. The molecule has 0 radical (unpaired) electrons. The molecule has 2 N–H and O–H groups in total. The zero-order valence-electron chi connectivity index (χ0n) is 9.29. The predicted octanol–water partition coefficient (Wildman–Crippen LogP) is 1.43. The minimum Gasteiger partial charge on any atom is -0.394 e. The van der Waals surface area contributed by atoms with Crippen LogP contribution in [0.4, 0.5) is 4.39 Å². The van der Waals surface area contributed by atoms with E-state index in [0.29, 0.717) is 5.56 Å². The van der Waals surface area contributed by atoms with Crippen molar-refractivity contribution in [2.45, 2.75) is 32.4 Å². The van der Waals surface area contributed by atoms with Crippen LogP contribution in [-0.2, 0) is 5.54 Å². The van der Waals surface area contributed by atoms with Crippen LogP contribution in [0.25, 0.3) is 0 Å². The zero-order valence-corrected chi connectivity index (χ0v) is 9.29. The SMILES string of the molecule is CC(C)NC(C)(CO)c1cncc(F)c1. The van der Waals surface area contributed by atoms with Crippen molar-refractivity contribution >= 4 is 0 Å². The number of rotatable bonds is 4. The smallest absolute Gasteiger partial charge is 0.141 e. The van der Waals surface area contributed by atoms with Gasteiger partial charge in [-0.05, 0) is 32.4 Å². The van der Waals surface area contributed by atoms with E-state index in [0.717, 1.165) is 6.20 Å². The molecule has 0 aliphatic heterocycles. The van der Waals surface area contributed by atoms with Crippen LogP contribution < -0.4 is 5.32 Å². The van der Waals surface area contributed by atoms with Crippen molar-refractivity contribution in [1.82, 2.24) is 10.3 Å². The van der Waals surface area contributed by atoms with Crippen molar-refractivity contribution in [1.29, 1.82) is 0 Å². The van der Waals surface area contributed by atoms with Gasteiger partial charge in [0, 0.05) is 12.2 Å². The number of halogens is 1. The number of aromatic nitrogens is 1. The summed E-state index contributed by atoms with van der Waals surface area (Å²) >= 11 is 0. The third-order valence-electron chi connectivity index (χ3n) is 2.27. The van der Waals surface area contributed by atoms with Crippen LogP contribution in [0.5, 0.6) is 0 Å². The number of pyridine rings is 1. The largest absolute Gasteiger partial charge is 0.394 e. The molecule has 84 valence electrons. The van der Waals surface area contributed by atoms with Crippen molar-refractivity contribution in [3.8, 4) is 0 Å². The molecule has 0 aromatic carbocycles. The summed E-state index contributed by atoms with van der Waals surface area (Å²) in [4.78, 5) is 3.78. The van der Waals surface area contributed by atoms with Crippen LogP contribution in [0.15, 0.2) is 18.5 Å². The molecular weight excluding hydrogens is 195 g/mol. The Balaban J connectivity index is 3.00. The molecule has 0 fully saturated rings. The van der Waals surface area contributed by atoms with Crippen LogP contribution in [0, 0.1) is 5.82 Å². The van der Waals surface area contributed by atoms with E-state index in [1.54, 1.807) is 6.20 Å². The Morgan fingerprint density at radius 3 is 2.67 bits per heavy atom. The number of nitrogens with zero attached hydrogens (tertiary/aromatic N) is 1. The fraction of sp³-hybridized carbons (Fsp3) is 0.545. The Morgan fingerprint density at radius 2 is 2.20 bits per heavy atom. The molecule has 0 saturated heterocycles. The molecular formula is C11H17FN2O. The van der Waals surface area contributed by atoms with Gasteiger partial charge in [0.15, 0.2) is 0 Å². The third-order valence-corrected chi connectivity index (χ3v) is 2.27. The van der Waals surface area contributed by atoms with Crippen molar-refractivity contribution in [2.75, 3.05) is 6.61 Å². The molecule has 0 saturated carbocycles. The first-order valence-electron chi connectivity index (χ1n) is 4.97. The average molecular weight is 212 g/mol. The molecule has 0 bridgehead atoms. The summed E-state index contributed by atoms with van der Waals surface area (Å²) < 4.78 is 13.0. The predicted molar refractivity (Wildman–Crippen MR) is 56.9 cm³/mol. The van der Waals surface area contributed by atoms with E-state index in [2.05, 4.69) is 10.3 Å². The maximum atomic E-state index is 13.0. The number of nitrogens with one attached hydrogen (secondary N) is 1. The van der Waals surface area contributed by atoms with Crippen LogP contribution in [-0.4, -0.2) is 22.7 Å². The minimum atomic E-state index is -0.650. The van der Waals surface area contributed by atoms with Gasteiger partial charge >= 0.3 is 0 Å². The second kappa shape index (κ2) is 4.68. The molecule has 15 heavy (non-hydrogen) atoms. The fourth-order valence-electron chi connectivity index (χ4n) is 1.57. The average Bonchev–Trinajstić information content (AvgIpc) is 2.16. The Labute approximate surface area is 89.4 Å². The summed E-state index contributed by atoms with van der Waals surface area (Å²) in [5.41, 5.74) is 0.00204. The lowest BCUT2D eigenvalue weighted by Gasteiger charge is -2.31. The zero-order chi connectivity index (χ0) is 11.5. The second-order valence-corrected chi connectivity index (χ2v) is 4.18. The monoisotopic (exact) mass is 212 g/mol. The standard InChI is InChI=1S/C11H17FN2O/c1-8(2)14-11(3,7-15)9-4-10(12)6-13-5-9/h4-6,8,14-15H,7H2,1-3H3. The first-order valence-corrected chi connectivity index (χ1v) is 4.97. The third kappa shape index (κ3) is 2.97. The first-order chi connectivity index (χ1) is 6.98. The van der Waals surface area contributed by atoms with E-state index in [9.17, 15) is 9.50 Å². The van der Waals surface area contributed by atoms with Crippen LogP contribution in [0.2, 0.25) is 0 Å². The van der Waals surface area contributed by atoms with Crippen LogP contribution in [0.1, 0.15) is 26.3 Å². The van der Waals surface area contributed by atoms with Crippen LogP contribution >= 0.6 is 0 Å². The quantitative estimate of drug-likeness (QED) is 0.793. The highest BCUT2D eigenvalue weighted by Gasteiger charge is 2.26. The summed E-state index contributed by atoms with van der Waals surface area (Å²) in [7, 11) is 0. The lowest BCUT2D eigenvalue weighted by molar-refractivity contribution is 0.165. The maximum absolute atomic E-state index is 13.0. The highest BCUT2D eigenvalue weighted by molar-refractivity contribution is 5.20. The number of hydrogen-bond acceptors (Lipinski definition) is 3. The van der Waals surface area contributed by atoms with Gasteiger partial charge in [-0.25, -0.2) is 4.39 Å². The molecule has 3 nitrogen and oxygen atoms in total. The highest BCUT2D eigenvalue weighted by atomic mass is 19.1. The normalized spacial score (nSPS) is 15.3. The van der Waals surface area contributed by atoms with Gasteiger partial charge in [0.05, 0.1) is 18.3 Å². The van der Waals surface area contributed by atoms with E-state index in [1.807, 2.05) is 20.8 Å². The highest BCUT2D eigenvalue weighted by Crippen LogP contribution is 2.20. The molecule has 0 aliphatic carbocycles. The van der Waals surface area contributed by atoms with E-state index in [1.165, 1.54) is 6.07 Å². The van der Waals surface area contributed by atoms with Gasteiger partial charge in [-0.15, -0.1) is 0 Å². The van der Waals surface area contributed by atoms with E-state index in [4.69, 9.17) is 0 Å². The topological polar surface area (TPSA) is 45.1 Å². The number of aliphatic hydroxyl groups is 1.